The lowest BCUT2D eigenvalue weighted by atomic mass is 10.1. The molecular formula is C22H32N2O2. The molecule has 1 heterocycles. The summed E-state index contributed by atoms with van der Waals surface area (Å²) in [4.78, 5) is 7.07. The predicted octanol–water partition coefficient (Wildman–Crippen LogP) is 5.49. The number of rotatable bonds is 8. The third-order valence-corrected chi connectivity index (χ3v) is 4.50. The normalized spacial score (nSPS) is 10.9. The van der Waals surface area contributed by atoms with Crippen LogP contribution in [0.3, 0.4) is 0 Å². The van der Waals surface area contributed by atoms with Crippen molar-refractivity contribution in [1.29, 1.82) is 0 Å². The van der Waals surface area contributed by atoms with E-state index in [2.05, 4.69) is 57.7 Å². The number of nitrogens with zero attached hydrogens (tertiary/aromatic N) is 2. The highest BCUT2D eigenvalue weighted by atomic mass is 16.5. The Morgan fingerprint density at radius 3 is 2.19 bits per heavy atom. The molecule has 0 fully saturated rings. The highest BCUT2D eigenvalue weighted by molar-refractivity contribution is 5.59. The van der Waals surface area contributed by atoms with Crippen LogP contribution in [-0.4, -0.2) is 25.2 Å². The van der Waals surface area contributed by atoms with Gasteiger partial charge in [0.1, 0.15) is 5.75 Å². The van der Waals surface area contributed by atoms with E-state index in [4.69, 9.17) is 14.5 Å². The number of hydrogen-bond donors (Lipinski definition) is 0. The lowest BCUT2D eigenvalue weighted by molar-refractivity contribution is 0.182. The van der Waals surface area contributed by atoms with Crippen molar-refractivity contribution in [2.75, 3.05) is 25.1 Å². The van der Waals surface area contributed by atoms with Crippen molar-refractivity contribution < 1.29 is 9.47 Å². The van der Waals surface area contributed by atoms with E-state index in [1.807, 2.05) is 6.92 Å². The molecule has 1 aromatic carbocycles. The lowest BCUT2D eigenvalue weighted by Crippen LogP contribution is -2.25. The maximum atomic E-state index is 6.36. The van der Waals surface area contributed by atoms with Gasteiger partial charge in [-0.05, 0) is 58.2 Å². The predicted molar refractivity (Wildman–Crippen MR) is 109 cm³/mol. The van der Waals surface area contributed by atoms with E-state index in [1.54, 1.807) is 7.11 Å². The number of ether oxygens (including phenoxy) is 2. The molecule has 1 aromatic heterocycles. The number of aryl methyl sites for hydroxylation is 4. The van der Waals surface area contributed by atoms with Gasteiger partial charge in [-0.2, -0.15) is 0 Å². The van der Waals surface area contributed by atoms with E-state index in [-0.39, 0.29) is 0 Å². The molecule has 0 aliphatic carbocycles. The monoisotopic (exact) mass is 356 g/mol. The van der Waals surface area contributed by atoms with E-state index in [1.165, 1.54) is 5.56 Å². The van der Waals surface area contributed by atoms with Gasteiger partial charge in [-0.15, -0.1) is 0 Å². The molecule has 2 aromatic rings. The molecule has 0 bridgehead atoms. The molecule has 4 heteroatoms. The molecule has 2 rings (SSSR count). The smallest absolute Gasteiger partial charge is 0.227 e. The van der Waals surface area contributed by atoms with Gasteiger partial charge in [-0.1, -0.05) is 24.6 Å². The Bertz CT molecular complexity index is 733. The topological polar surface area (TPSA) is 34.6 Å². The van der Waals surface area contributed by atoms with Crippen molar-refractivity contribution >= 4 is 5.69 Å². The number of methoxy groups -OCH3 is 1. The Kier molecular flexibility index (Phi) is 7.04. The van der Waals surface area contributed by atoms with Gasteiger partial charge >= 0.3 is 0 Å². The van der Waals surface area contributed by atoms with Gasteiger partial charge in [-0.25, -0.2) is 4.98 Å². The van der Waals surface area contributed by atoms with E-state index in [9.17, 15) is 0 Å². The van der Waals surface area contributed by atoms with Gasteiger partial charge in [0.25, 0.3) is 0 Å². The highest BCUT2D eigenvalue weighted by Gasteiger charge is 2.19. The standard InChI is InChI=1S/C22H32N2O2/c1-8-10-24(9-2)20-13-18(6)23-22(19(20)14-25-7)26-21-16(4)11-15(3)12-17(21)5/h11-13H,8-10,14H2,1-7H3. The third kappa shape index (κ3) is 4.55. The Morgan fingerprint density at radius 2 is 1.65 bits per heavy atom. The van der Waals surface area contributed by atoms with E-state index in [0.717, 1.165) is 53.3 Å². The second-order valence-corrected chi connectivity index (χ2v) is 6.91. The maximum Gasteiger partial charge on any atom is 0.227 e. The number of anilines is 1. The molecule has 0 spiro atoms. The second kappa shape index (κ2) is 9.04. The first kappa shape index (κ1) is 20.2. The lowest BCUT2D eigenvalue weighted by Gasteiger charge is -2.27. The van der Waals surface area contributed by atoms with Crippen molar-refractivity contribution in [2.24, 2.45) is 0 Å². The molecule has 0 amide bonds. The minimum Gasteiger partial charge on any atom is -0.438 e. The average molecular weight is 357 g/mol. The second-order valence-electron chi connectivity index (χ2n) is 6.91. The molecule has 26 heavy (non-hydrogen) atoms. The van der Waals surface area contributed by atoms with Crippen molar-refractivity contribution in [2.45, 2.75) is 54.6 Å². The van der Waals surface area contributed by atoms with Crippen LogP contribution in [0.25, 0.3) is 0 Å². The zero-order valence-corrected chi connectivity index (χ0v) is 17.3. The number of aromatic nitrogens is 1. The molecular weight excluding hydrogens is 324 g/mol. The molecule has 0 aliphatic heterocycles. The summed E-state index contributed by atoms with van der Waals surface area (Å²) in [6, 6.07) is 6.42. The number of hydrogen-bond acceptors (Lipinski definition) is 4. The highest BCUT2D eigenvalue weighted by Crippen LogP contribution is 2.35. The van der Waals surface area contributed by atoms with Gasteiger partial charge in [-0.3, -0.25) is 0 Å². The summed E-state index contributed by atoms with van der Waals surface area (Å²) in [5, 5.41) is 0. The van der Waals surface area contributed by atoms with Gasteiger partial charge in [0.2, 0.25) is 5.88 Å². The van der Waals surface area contributed by atoms with E-state index >= 15 is 0 Å². The summed E-state index contributed by atoms with van der Waals surface area (Å²) in [7, 11) is 1.71. The summed E-state index contributed by atoms with van der Waals surface area (Å²) in [6.07, 6.45) is 1.09. The quantitative estimate of drug-likeness (QED) is 0.626. The van der Waals surface area contributed by atoms with Crippen LogP contribution in [0.4, 0.5) is 5.69 Å². The van der Waals surface area contributed by atoms with Crippen LogP contribution in [0.1, 0.15) is 48.2 Å². The van der Waals surface area contributed by atoms with Crippen LogP contribution in [-0.2, 0) is 11.3 Å². The van der Waals surface area contributed by atoms with Gasteiger partial charge in [0, 0.05) is 31.6 Å². The van der Waals surface area contributed by atoms with Crippen LogP contribution in [0.2, 0.25) is 0 Å². The third-order valence-electron chi connectivity index (χ3n) is 4.50. The van der Waals surface area contributed by atoms with Crippen LogP contribution in [0, 0.1) is 27.7 Å². The Balaban J connectivity index is 2.56. The molecule has 0 unspecified atom stereocenters. The van der Waals surface area contributed by atoms with Crippen molar-refractivity contribution in [3.8, 4) is 11.6 Å². The first-order chi connectivity index (χ1) is 12.4. The maximum absolute atomic E-state index is 6.36. The Labute approximate surface area is 158 Å². The summed E-state index contributed by atoms with van der Waals surface area (Å²) in [6.45, 7) is 15.1. The van der Waals surface area contributed by atoms with Crippen LogP contribution >= 0.6 is 0 Å². The summed E-state index contributed by atoms with van der Waals surface area (Å²) < 4.78 is 11.8. The molecule has 0 saturated heterocycles. The summed E-state index contributed by atoms with van der Waals surface area (Å²) in [5.74, 6) is 1.53. The largest absolute Gasteiger partial charge is 0.438 e. The fourth-order valence-corrected chi connectivity index (χ4v) is 3.44. The Hall–Kier alpha value is -2.07. The first-order valence-corrected chi connectivity index (χ1v) is 9.41. The van der Waals surface area contributed by atoms with Crippen LogP contribution < -0.4 is 9.64 Å². The average Bonchev–Trinajstić information content (AvgIpc) is 2.58. The molecule has 142 valence electrons. The summed E-state index contributed by atoms with van der Waals surface area (Å²) >= 11 is 0. The van der Waals surface area contributed by atoms with Crippen LogP contribution in [0.15, 0.2) is 18.2 Å². The molecule has 0 saturated carbocycles. The SMILES string of the molecule is CCCN(CC)c1cc(C)nc(Oc2c(C)cc(C)cc2C)c1COC. The fraction of sp³-hybridized carbons (Fsp3) is 0.500. The molecule has 0 atom stereocenters. The minimum absolute atomic E-state index is 0.474. The van der Waals surface area contributed by atoms with Crippen molar-refractivity contribution in [1.82, 2.24) is 4.98 Å². The fourth-order valence-electron chi connectivity index (χ4n) is 3.44. The van der Waals surface area contributed by atoms with Gasteiger partial charge in [0.15, 0.2) is 0 Å². The van der Waals surface area contributed by atoms with Crippen molar-refractivity contribution in [3.05, 3.63) is 46.1 Å². The van der Waals surface area contributed by atoms with E-state index < -0.39 is 0 Å². The molecule has 0 N–H and O–H groups in total. The first-order valence-electron chi connectivity index (χ1n) is 9.41. The zero-order valence-electron chi connectivity index (χ0n) is 17.3. The molecule has 0 aliphatic rings. The van der Waals surface area contributed by atoms with E-state index in [0.29, 0.717) is 12.5 Å². The van der Waals surface area contributed by atoms with Crippen LogP contribution in [0.5, 0.6) is 11.6 Å². The van der Waals surface area contributed by atoms with Crippen molar-refractivity contribution in [3.63, 3.8) is 0 Å². The number of benzene rings is 1. The summed E-state index contributed by atoms with van der Waals surface area (Å²) in [5.41, 5.74) is 6.59. The van der Waals surface area contributed by atoms with Gasteiger partial charge < -0.3 is 14.4 Å². The number of pyridine rings is 1. The zero-order chi connectivity index (χ0) is 19.3. The Morgan fingerprint density at radius 1 is 1.00 bits per heavy atom. The molecule has 0 radical (unpaired) electrons. The molecule has 4 nitrogen and oxygen atoms in total. The van der Waals surface area contributed by atoms with Gasteiger partial charge in [0.05, 0.1) is 12.2 Å². The minimum atomic E-state index is 0.474.